The standard InChI is InChI=1S/C21H19F3N4O2/c1-13-7-8-14(11-17(13)19(27-30-3)20(29)25-2)18-9-10-28(26-18)16-6-4-5-15(12-16)21(22,23)24/h4-12H,1-3H3,(H,25,29)/b27-19-. The zero-order valence-electron chi connectivity index (χ0n) is 16.5. The molecule has 3 aromatic rings. The highest BCUT2D eigenvalue weighted by molar-refractivity contribution is 6.45. The summed E-state index contributed by atoms with van der Waals surface area (Å²) in [6.45, 7) is 1.83. The second-order valence-corrected chi connectivity index (χ2v) is 6.42. The van der Waals surface area contributed by atoms with E-state index in [0.717, 1.165) is 17.7 Å². The van der Waals surface area contributed by atoms with E-state index in [2.05, 4.69) is 15.6 Å². The molecular weight excluding hydrogens is 397 g/mol. The molecule has 1 N–H and O–H groups in total. The number of hydrogen-bond acceptors (Lipinski definition) is 4. The summed E-state index contributed by atoms with van der Waals surface area (Å²) in [6.07, 6.45) is -2.86. The van der Waals surface area contributed by atoms with E-state index < -0.39 is 17.6 Å². The fraction of sp³-hybridized carbons (Fsp3) is 0.190. The SMILES string of the molecule is CNC(=O)/C(=N\OC)c1cc(-c2ccn(-c3cccc(C(F)(F)F)c3)n2)ccc1C. The van der Waals surface area contributed by atoms with Crippen molar-refractivity contribution in [2.75, 3.05) is 14.2 Å². The van der Waals surface area contributed by atoms with E-state index in [4.69, 9.17) is 4.84 Å². The van der Waals surface area contributed by atoms with Crippen molar-refractivity contribution in [2.24, 2.45) is 5.16 Å². The molecule has 30 heavy (non-hydrogen) atoms. The van der Waals surface area contributed by atoms with Gasteiger partial charge in [-0.2, -0.15) is 18.3 Å². The van der Waals surface area contributed by atoms with Gasteiger partial charge in [0.2, 0.25) is 0 Å². The van der Waals surface area contributed by atoms with Crippen LogP contribution in [0.1, 0.15) is 16.7 Å². The monoisotopic (exact) mass is 416 g/mol. The molecule has 0 fully saturated rings. The topological polar surface area (TPSA) is 68.5 Å². The number of nitrogens with zero attached hydrogens (tertiary/aromatic N) is 3. The fourth-order valence-electron chi connectivity index (χ4n) is 2.91. The average Bonchev–Trinajstić information content (AvgIpc) is 3.22. The highest BCUT2D eigenvalue weighted by Gasteiger charge is 2.30. The van der Waals surface area contributed by atoms with E-state index in [1.54, 1.807) is 24.4 Å². The van der Waals surface area contributed by atoms with Gasteiger partial charge in [0.15, 0.2) is 5.71 Å². The number of oxime groups is 1. The summed E-state index contributed by atoms with van der Waals surface area (Å²) < 4.78 is 40.3. The normalized spacial score (nSPS) is 12.0. The second-order valence-electron chi connectivity index (χ2n) is 6.42. The summed E-state index contributed by atoms with van der Waals surface area (Å²) in [4.78, 5) is 17.0. The van der Waals surface area contributed by atoms with E-state index in [0.29, 0.717) is 16.8 Å². The van der Waals surface area contributed by atoms with Crippen LogP contribution in [-0.4, -0.2) is 35.6 Å². The van der Waals surface area contributed by atoms with E-state index >= 15 is 0 Å². The summed E-state index contributed by atoms with van der Waals surface area (Å²) >= 11 is 0. The van der Waals surface area contributed by atoms with E-state index in [-0.39, 0.29) is 11.4 Å². The molecule has 0 aliphatic carbocycles. The lowest BCUT2D eigenvalue weighted by Gasteiger charge is -2.10. The summed E-state index contributed by atoms with van der Waals surface area (Å²) in [5.74, 6) is -0.411. The lowest BCUT2D eigenvalue weighted by atomic mass is 9.99. The molecule has 0 atom stereocenters. The molecule has 3 rings (SSSR count). The van der Waals surface area contributed by atoms with Crippen molar-refractivity contribution in [1.29, 1.82) is 0 Å². The van der Waals surface area contributed by atoms with Crippen LogP contribution in [0.4, 0.5) is 13.2 Å². The Balaban J connectivity index is 2.00. The lowest BCUT2D eigenvalue weighted by molar-refractivity contribution is -0.137. The van der Waals surface area contributed by atoms with E-state index in [9.17, 15) is 18.0 Å². The maximum Gasteiger partial charge on any atom is 0.416 e. The van der Waals surface area contributed by atoms with Crippen molar-refractivity contribution < 1.29 is 22.8 Å². The van der Waals surface area contributed by atoms with Gasteiger partial charge in [0.1, 0.15) is 7.11 Å². The minimum atomic E-state index is -4.44. The molecule has 0 saturated heterocycles. The van der Waals surface area contributed by atoms with Gasteiger partial charge in [0, 0.05) is 24.4 Å². The van der Waals surface area contributed by atoms with Crippen molar-refractivity contribution in [3.63, 3.8) is 0 Å². The Morgan fingerprint density at radius 2 is 1.93 bits per heavy atom. The Morgan fingerprint density at radius 3 is 2.60 bits per heavy atom. The van der Waals surface area contributed by atoms with Gasteiger partial charge in [0.25, 0.3) is 5.91 Å². The number of alkyl halides is 3. The molecule has 0 radical (unpaired) electrons. The van der Waals surface area contributed by atoms with Crippen molar-refractivity contribution in [2.45, 2.75) is 13.1 Å². The number of nitrogens with one attached hydrogen (secondary N) is 1. The summed E-state index contributed by atoms with van der Waals surface area (Å²) in [7, 11) is 2.84. The van der Waals surface area contributed by atoms with Crippen LogP contribution in [0.2, 0.25) is 0 Å². The minimum Gasteiger partial charge on any atom is -0.398 e. The van der Waals surface area contributed by atoms with Crippen molar-refractivity contribution >= 4 is 11.6 Å². The van der Waals surface area contributed by atoms with E-state index in [1.165, 1.54) is 24.9 Å². The quantitative estimate of drug-likeness (QED) is 0.506. The molecular formula is C21H19F3N4O2. The molecule has 0 saturated carbocycles. The first kappa shape index (κ1) is 21.1. The molecule has 156 valence electrons. The number of hydrogen-bond donors (Lipinski definition) is 1. The highest BCUT2D eigenvalue weighted by atomic mass is 19.4. The van der Waals surface area contributed by atoms with Gasteiger partial charge in [-0.3, -0.25) is 4.79 Å². The van der Waals surface area contributed by atoms with E-state index in [1.807, 2.05) is 19.1 Å². The third-order valence-corrected chi connectivity index (χ3v) is 4.44. The summed E-state index contributed by atoms with van der Waals surface area (Å²) in [5.41, 5.74) is 2.21. The van der Waals surface area contributed by atoms with Gasteiger partial charge in [-0.25, -0.2) is 4.68 Å². The number of benzene rings is 2. The first-order valence-electron chi connectivity index (χ1n) is 8.92. The molecule has 2 aromatic carbocycles. The number of amides is 1. The number of halogens is 3. The maximum atomic E-state index is 13.0. The predicted octanol–water partition coefficient (Wildman–Crippen LogP) is 3.96. The van der Waals surface area contributed by atoms with Gasteiger partial charge >= 0.3 is 6.18 Å². The molecule has 1 amide bonds. The Morgan fingerprint density at radius 1 is 1.17 bits per heavy atom. The van der Waals surface area contributed by atoms with Gasteiger partial charge in [-0.15, -0.1) is 0 Å². The Hall–Kier alpha value is -3.62. The molecule has 1 aromatic heterocycles. The zero-order chi connectivity index (χ0) is 21.9. The van der Waals surface area contributed by atoms with Crippen LogP contribution in [0.15, 0.2) is 59.9 Å². The average molecular weight is 416 g/mol. The third kappa shape index (κ3) is 4.35. The molecule has 9 heteroatoms. The summed E-state index contributed by atoms with van der Waals surface area (Å²) in [6, 6.07) is 12.0. The van der Waals surface area contributed by atoms with Crippen LogP contribution in [0.25, 0.3) is 16.9 Å². The number of carbonyl (C=O) groups excluding carboxylic acids is 1. The lowest BCUT2D eigenvalue weighted by Crippen LogP contribution is -2.29. The number of aromatic nitrogens is 2. The fourth-order valence-corrected chi connectivity index (χ4v) is 2.91. The second kappa shape index (κ2) is 8.40. The maximum absolute atomic E-state index is 13.0. The minimum absolute atomic E-state index is 0.108. The van der Waals surface area contributed by atoms with Crippen molar-refractivity contribution in [3.8, 4) is 16.9 Å². The number of rotatable bonds is 5. The molecule has 0 unspecified atom stereocenters. The Labute approximate surface area is 171 Å². The van der Waals surface area contributed by atoms with Gasteiger partial charge in [0.05, 0.1) is 16.9 Å². The largest absolute Gasteiger partial charge is 0.416 e. The number of aryl methyl sites for hydroxylation is 1. The molecule has 0 aliphatic heterocycles. The molecule has 6 nitrogen and oxygen atoms in total. The Bertz CT molecular complexity index is 1100. The van der Waals surface area contributed by atoms with Crippen LogP contribution in [-0.2, 0) is 15.8 Å². The number of carbonyl (C=O) groups is 1. The molecule has 1 heterocycles. The van der Waals surface area contributed by atoms with Crippen molar-refractivity contribution in [3.05, 3.63) is 71.4 Å². The predicted molar refractivity (Wildman–Crippen MR) is 106 cm³/mol. The first-order valence-corrected chi connectivity index (χ1v) is 8.92. The van der Waals surface area contributed by atoms with Crippen LogP contribution in [0.3, 0.4) is 0 Å². The first-order chi connectivity index (χ1) is 14.2. The van der Waals surface area contributed by atoms with Gasteiger partial charge < -0.3 is 10.2 Å². The van der Waals surface area contributed by atoms with Crippen LogP contribution >= 0.6 is 0 Å². The van der Waals surface area contributed by atoms with Crippen LogP contribution in [0.5, 0.6) is 0 Å². The van der Waals surface area contributed by atoms with Gasteiger partial charge in [-0.05, 0) is 42.8 Å². The summed E-state index contributed by atoms with van der Waals surface area (Å²) in [5, 5.41) is 10.7. The zero-order valence-corrected chi connectivity index (χ0v) is 16.5. The third-order valence-electron chi connectivity index (χ3n) is 4.44. The highest BCUT2D eigenvalue weighted by Crippen LogP contribution is 2.30. The Kier molecular flexibility index (Phi) is 5.91. The van der Waals surface area contributed by atoms with Gasteiger partial charge in [-0.1, -0.05) is 23.4 Å². The molecule has 0 spiro atoms. The smallest absolute Gasteiger partial charge is 0.398 e. The van der Waals surface area contributed by atoms with Crippen LogP contribution in [0, 0.1) is 6.92 Å². The van der Waals surface area contributed by atoms with Crippen molar-refractivity contribution in [1.82, 2.24) is 15.1 Å². The molecule has 0 bridgehead atoms. The van der Waals surface area contributed by atoms with Crippen LogP contribution < -0.4 is 5.32 Å². The molecule has 0 aliphatic rings. The number of likely N-dealkylation sites (N-methyl/N-ethyl adjacent to an activating group) is 1.